The maximum Gasteiger partial charge on any atom is 0.181 e. The van der Waals surface area contributed by atoms with Crippen LogP contribution in [0.2, 0.25) is 0 Å². The van der Waals surface area contributed by atoms with Gasteiger partial charge in [-0.2, -0.15) is 0 Å². The molecule has 0 spiro atoms. The fraction of sp³-hybridized carbons (Fsp3) is 0.308. The average molecular weight is 278 g/mol. The summed E-state index contributed by atoms with van der Waals surface area (Å²) in [6.45, 7) is 0. The summed E-state index contributed by atoms with van der Waals surface area (Å²) in [7, 11) is 0. The van der Waals surface area contributed by atoms with E-state index < -0.39 is 0 Å². The summed E-state index contributed by atoms with van der Waals surface area (Å²) in [4.78, 5) is 4.21. The van der Waals surface area contributed by atoms with Gasteiger partial charge in [-0.15, -0.1) is 0 Å². The van der Waals surface area contributed by atoms with Crippen molar-refractivity contribution in [2.24, 2.45) is 0 Å². The van der Waals surface area contributed by atoms with Crippen LogP contribution in [0.25, 0.3) is 0 Å². The van der Waals surface area contributed by atoms with Gasteiger partial charge in [-0.05, 0) is 17.9 Å². The molecule has 2 atom stereocenters. The molecule has 16 heavy (non-hydrogen) atoms. The molecule has 1 heterocycles. The summed E-state index contributed by atoms with van der Waals surface area (Å²) in [6.07, 6.45) is 2.73. The zero-order valence-electron chi connectivity index (χ0n) is 8.77. The highest BCUT2D eigenvalue weighted by Crippen LogP contribution is 2.55. The molecule has 0 bridgehead atoms. The van der Waals surface area contributed by atoms with Crippen molar-refractivity contribution in [3.63, 3.8) is 0 Å². The van der Waals surface area contributed by atoms with Crippen LogP contribution < -0.4 is 0 Å². The first-order valence-electron chi connectivity index (χ1n) is 5.43. The molecule has 3 heteroatoms. The number of oxazole rings is 1. The predicted molar refractivity (Wildman–Crippen MR) is 65.7 cm³/mol. The molecule has 0 radical (unpaired) electrons. The van der Waals surface area contributed by atoms with E-state index in [1.165, 1.54) is 12.0 Å². The minimum absolute atomic E-state index is 0.525. The zero-order valence-corrected chi connectivity index (χ0v) is 10.4. The number of alkyl halides is 1. The van der Waals surface area contributed by atoms with Gasteiger partial charge in [0.1, 0.15) is 5.76 Å². The Bertz CT molecular complexity index is 480. The maximum atomic E-state index is 5.49. The third kappa shape index (κ3) is 1.69. The highest BCUT2D eigenvalue weighted by atomic mass is 79.9. The minimum atomic E-state index is 0.525. The van der Waals surface area contributed by atoms with Gasteiger partial charge in [-0.3, -0.25) is 0 Å². The Hall–Kier alpha value is -1.09. The second kappa shape index (κ2) is 4.06. The van der Waals surface area contributed by atoms with Crippen molar-refractivity contribution in [3.05, 3.63) is 53.7 Å². The SMILES string of the molecule is BrCc1ncoc1C1CC1c1ccccc1. The van der Waals surface area contributed by atoms with E-state index >= 15 is 0 Å². The monoisotopic (exact) mass is 277 g/mol. The molecule has 1 aliphatic rings. The first-order chi connectivity index (χ1) is 7.90. The molecule has 0 amide bonds. The van der Waals surface area contributed by atoms with E-state index in [2.05, 4.69) is 51.2 Å². The van der Waals surface area contributed by atoms with Crippen LogP contribution >= 0.6 is 15.9 Å². The third-order valence-electron chi connectivity index (χ3n) is 3.15. The molecule has 0 aliphatic heterocycles. The summed E-state index contributed by atoms with van der Waals surface area (Å²) >= 11 is 3.44. The van der Waals surface area contributed by atoms with Crippen LogP contribution in [0.5, 0.6) is 0 Å². The summed E-state index contributed by atoms with van der Waals surface area (Å²) in [5, 5.41) is 0.775. The Kier molecular flexibility index (Phi) is 2.56. The summed E-state index contributed by atoms with van der Waals surface area (Å²) in [5.74, 6) is 2.20. The van der Waals surface area contributed by atoms with E-state index in [0.29, 0.717) is 11.8 Å². The number of halogens is 1. The van der Waals surface area contributed by atoms with E-state index in [0.717, 1.165) is 16.8 Å². The van der Waals surface area contributed by atoms with Gasteiger partial charge in [0.15, 0.2) is 6.39 Å². The second-order valence-electron chi connectivity index (χ2n) is 4.16. The Labute approximate surface area is 103 Å². The van der Waals surface area contributed by atoms with Crippen LogP contribution in [-0.4, -0.2) is 4.98 Å². The molecule has 1 aliphatic carbocycles. The molecule has 1 aromatic carbocycles. The number of benzene rings is 1. The largest absolute Gasteiger partial charge is 0.448 e. The maximum absolute atomic E-state index is 5.49. The van der Waals surface area contributed by atoms with E-state index in [1.807, 2.05) is 0 Å². The van der Waals surface area contributed by atoms with E-state index in [1.54, 1.807) is 6.39 Å². The van der Waals surface area contributed by atoms with Crippen LogP contribution in [0.1, 0.15) is 35.3 Å². The van der Waals surface area contributed by atoms with Crippen molar-refractivity contribution in [3.8, 4) is 0 Å². The lowest BCUT2D eigenvalue weighted by Gasteiger charge is -1.99. The molecule has 82 valence electrons. The Morgan fingerprint density at radius 1 is 1.25 bits per heavy atom. The smallest absolute Gasteiger partial charge is 0.181 e. The van der Waals surface area contributed by atoms with Gasteiger partial charge in [0.25, 0.3) is 0 Å². The summed E-state index contributed by atoms with van der Waals surface area (Å²) in [6, 6.07) is 10.6. The van der Waals surface area contributed by atoms with Crippen LogP contribution in [0.15, 0.2) is 41.1 Å². The molecular weight excluding hydrogens is 266 g/mol. The quantitative estimate of drug-likeness (QED) is 0.797. The van der Waals surface area contributed by atoms with E-state index in [9.17, 15) is 0 Å². The average Bonchev–Trinajstić information content (AvgIpc) is 3.00. The standard InChI is InChI=1S/C13H12BrNO/c14-7-12-13(16-8-15-12)11-6-10(11)9-4-2-1-3-5-9/h1-5,8,10-11H,6-7H2. The van der Waals surface area contributed by atoms with E-state index in [-0.39, 0.29) is 0 Å². The lowest BCUT2D eigenvalue weighted by molar-refractivity contribution is 0.501. The van der Waals surface area contributed by atoms with Gasteiger partial charge in [-0.25, -0.2) is 4.98 Å². The Balaban J connectivity index is 1.82. The number of nitrogens with zero attached hydrogens (tertiary/aromatic N) is 1. The van der Waals surface area contributed by atoms with Gasteiger partial charge >= 0.3 is 0 Å². The van der Waals surface area contributed by atoms with Gasteiger partial charge in [0, 0.05) is 11.2 Å². The van der Waals surface area contributed by atoms with Crippen molar-refractivity contribution in [2.75, 3.05) is 0 Å². The van der Waals surface area contributed by atoms with Crippen molar-refractivity contribution in [1.82, 2.24) is 4.98 Å². The topological polar surface area (TPSA) is 26.0 Å². The number of hydrogen-bond acceptors (Lipinski definition) is 2. The highest BCUT2D eigenvalue weighted by Gasteiger charge is 2.43. The number of hydrogen-bond donors (Lipinski definition) is 0. The molecule has 0 saturated heterocycles. The van der Waals surface area contributed by atoms with Crippen molar-refractivity contribution in [1.29, 1.82) is 0 Å². The predicted octanol–water partition coefficient (Wildman–Crippen LogP) is 3.84. The molecule has 1 aromatic heterocycles. The lowest BCUT2D eigenvalue weighted by Crippen LogP contribution is -1.87. The van der Waals surface area contributed by atoms with Crippen LogP contribution in [0.4, 0.5) is 0 Å². The molecule has 2 unspecified atom stereocenters. The molecule has 2 aromatic rings. The number of aromatic nitrogens is 1. The van der Waals surface area contributed by atoms with Crippen LogP contribution in [0, 0.1) is 0 Å². The fourth-order valence-electron chi connectivity index (χ4n) is 2.23. The lowest BCUT2D eigenvalue weighted by atomic mass is 10.1. The fourth-order valence-corrected chi connectivity index (χ4v) is 2.65. The molecule has 0 N–H and O–H groups in total. The molecular formula is C13H12BrNO. The highest BCUT2D eigenvalue weighted by molar-refractivity contribution is 9.08. The van der Waals surface area contributed by atoms with Crippen molar-refractivity contribution in [2.45, 2.75) is 23.6 Å². The van der Waals surface area contributed by atoms with Crippen molar-refractivity contribution >= 4 is 15.9 Å². The Morgan fingerprint density at radius 3 is 2.81 bits per heavy atom. The zero-order chi connectivity index (χ0) is 11.0. The van der Waals surface area contributed by atoms with E-state index in [4.69, 9.17) is 4.42 Å². The molecule has 1 fully saturated rings. The Morgan fingerprint density at radius 2 is 2.06 bits per heavy atom. The molecule has 3 rings (SSSR count). The van der Waals surface area contributed by atoms with Crippen LogP contribution in [0.3, 0.4) is 0 Å². The summed E-state index contributed by atoms with van der Waals surface area (Å²) in [5.41, 5.74) is 2.45. The first kappa shape index (κ1) is 10.1. The summed E-state index contributed by atoms with van der Waals surface area (Å²) < 4.78 is 5.49. The third-order valence-corrected chi connectivity index (χ3v) is 3.69. The second-order valence-corrected chi connectivity index (χ2v) is 4.72. The van der Waals surface area contributed by atoms with Gasteiger partial charge in [0.2, 0.25) is 0 Å². The normalized spacial score (nSPS) is 23.3. The van der Waals surface area contributed by atoms with Gasteiger partial charge in [0.05, 0.1) is 5.69 Å². The minimum Gasteiger partial charge on any atom is -0.448 e. The first-order valence-corrected chi connectivity index (χ1v) is 6.55. The van der Waals surface area contributed by atoms with Crippen molar-refractivity contribution < 1.29 is 4.42 Å². The number of rotatable bonds is 3. The van der Waals surface area contributed by atoms with Crippen LogP contribution in [-0.2, 0) is 5.33 Å². The van der Waals surface area contributed by atoms with Gasteiger partial charge in [-0.1, -0.05) is 46.3 Å². The molecule has 1 saturated carbocycles. The van der Waals surface area contributed by atoms with Gasteiger partial charge < -0.3 is 4.42 Å². The molecule has 2 nitrogen and oxygen atoms in total.